The normalized spacial score (nSPS) is 16.5. The molecule has 0 spiro atoms. The van der Waals surface area contributed by atoms with Gasteiger partial charge in [0.15, 0.2) is 0 Å². The van der Waals surface area contributed by atoms with Crippen molar-refractivity contribution in [2.75, 3.05) is 6.61 Å². The van der Waals surface area contributed by atoms with Gasteiger partial charge in [0.2, 0.25) is 5.91 Å². The Hall–Kier alpha value is -1.72. The lowest BCUT2D eigenvalue weighted by Crippen LogP contribution is -2.46. The SMILES string of the molecule is CC[C@H](CO)N(Cc1ccc(C)s1)C(=O)C1(c2ccccc2F)CC1. The summed E-state index contributed by atoms with van der Waals surface area (Å²) in [4.78, 5) is 17.4. The topological polar surface area (TPSA) is 40.5 Å². The van der Waals surface area contributed by atoms with E-state index in [0.717, 1.165) is 4.88 Å². The minimum absolute atomic E-state index is 0.0652. The lowest BCUT2D eigenvalue weighted by atomic mass is 9.92. The Balaban J connectivity index is 1.92. The first-order valence-electron chi connectivity index (χ1n) is 8.74. The molecule has 1 atom stereocenters. The summed E-state index contributed by atoms with van der Waals surface area (Å²) >= 11 is 1.65. The number of halogens is 1. The average Bonchev–Trinajstić information content (AvgIpc) is 3.31. The molecule has 0 aliphatic heterocycles. The molecule has 1 aliphatic rings. The molecule has 1 heterocycles. The van der Waals surface area contributed by atoms with Crippen molar-refractivity contribution in [3.05, 3.63) is 57.5 Å². The number of hydrogen-bond acceptors (Lipinski definition) is 3. The van der Waals surface area contributed by atoms with Gasteiger partial charge in [0, 0.05) is 15.3 Å². The molecule has 25 heavy (non-hydrogen) atoms. The van der Waals surface area contributed by atoms with Gasteiger partial charge in [-0.15, -0.1) is 11.3 Å². The van der Waals surface area contributed by atoms with Crippen LogP contribution in [0, 0.1) is 12.7 Å². The quantitative estimate of drug-likeness (QED) is 0.809. The van der Waals surface area contributed by atoms with Crippen molar-refractivity contribution in [3.63, 3.8) is 0 Å². The predicted molar refractivity (Wildman–Crippen MR) is 98.1 cm³/mol. The second-order valence-corrected chi connectivity index (χ2v) is 8.12. The number of aryl methyl sites for hydroxylation is 1. The van der Waals surface area contributed by atoms with Crippen molar-refractivity contribution in [2.45, 2.75) is 51.1 Å². The molecule has 1 amide bonds. The van der Waals surface area contributed by atoms with Gasteiger partial charge in [-0.1, -0.05) is 25.1 Å². The number of carbonyl (C=O) groups excluding carboxylic acids is 1. The number of amides is 1. The van der Waals surface area contributed by atoms with Gasteiger partial charge in [0.1, 0.15) is 5.82 Å². The summed E-state index contributed by atoms with van der Waals surface area (Å²) in [7, 11) is 0. The van der Waals surface area contributed by atoms with Crippen LogP contribution in [-0.4, -0.2) is 28.6 Å². The van der Waals surface area contributed by atoms with E-state index in [0.29, 0.717) is 31.4 Å². The van der Waals surface area contributed by atoms with Crippen LogP contribution in [0.1, 0.15) is 41.5 Å². The summed E-state index contributed by atoms with van der Waals surface area (Å²) in [6.45, 7) is 4.38. The fourth-order valence-electron chi connectivity index (χ4n) is 3.40. The fraction of sp³-hybridized carbons (Fsp3) is 0.450. The van der Waals surface area contributed by atoms with Crippen LogP contribution in [0.15, 0.2) is 36.4 Å². The number of benzene rings is 1. The maximum atomic E-state index is 14.3. The molecule has 2 aromatic rings. The van der Waals surface area contributed by atoms with Crippen LogP contribution < -0.4 is 0 Å². The number of aliphatic hydroxyl groups is 1. The van der Waals surface area contributed by atoms with E-state index in [2.05, 4.69) is 0 Å². The third kappa shape index (κ3) is 3.48. The molecule has 0 saturated heterocycles. The van der Waals surface area contributed by atoms with E-state index in [9.17, 15) is 14.3 Å². The maximum Gasteiger partial charge on any atom is 0.233 e. The Morgan fingerprint density at radius 1 is 1.32 bits per heavy atom. The van der Waals surface area contributed by atoms with E-state index in [4.69, 9.17) is 0 Å². The zero-order chi connectivity index (χ0) is 18.0. The number of rotatable bonds is 7. The predicted octanol–water partition coefficient (Wildman–Crippen LogP) is 4.03. The Kier molecular flexibility index (Phi) is 5.25. The van der Waals surface area contributed by atoms with E-state index >= 15 is 0 Å². The van der Waals surface area contributed by atoms with Crippen molar-refractivity contribution in [1.82, 2.24) is 4.90 Å². The highest BCUT2D eigenvalue weighted by Crippen LogP contribution is 2.51. The molecule has 1 saturated carbocycles. The van der Waals surface area contributed by atoms with Crippen molar-refractivity contribution < 1.29 is 14.3 Å². The molecule has 3 rings (SSSR count). The maximum absolute atomic E-state index is 14.3. The first-order valence-corrected chi connectivity index (χ1v) is 9.55. The molecular weight excluding hydrogens is 337 g/mol. The second kappa shape index (κ2) is 7.26. The van der Waals surface area contributed by atoms with E-state index < -0.39 is 5.41 Å². The molecule has 0 radical (unpaired) electrons. The van der Waals surface area contributed by atoms with Crippen LogP contribution >= 0.6 is 11.3 Å². The minimum atomic E-state index is -0.764. The standard InChI is InChI=1S/C20H24FNO2S/c1-3-15(13-23)22(12-16-9-8-14(2)25-16)19(24)20(10-11-20)17-6-4-5-7-18(17)21/h4-9,15,23H,3,10-13H2,1-2H3/t15-/m1/s1. The van der Waals surface area contributed by atoms with Gasteiger partial charge in [0.05, 0.1) is 24.6 Å². The Bertz CT molecular complexity index is 750. The molecule has 0 unspecified atom stereocenters. The van der Waals surface area contributed by atoms with Crippen LogP contribution in [-0.2, 0) is 16.8 Å². The van der Waals surface area contributed by atoms with Gasteiger partial charge in [-0.2, -0.15) is 0 Å². The van der Waals surface area contributed by atoms with Gasteiger partial charge in [-0.3, -0.25) is 4.79 Å². The average molecular weight is 361 g/mol. The van der Waals surface area contributed by atoms with Crippen LogP contribution in [0.5, 0.6) is 0 Å². The van der Waals surface area contributed by atoms with Gasteiger partial charge in [-0.05, 0) is 44.4 Å². The molecule has 0 bridgehead atoms. The van der Waals surface area contributed by atoms with E-state index in [1.54, 1.807) is 34.4 Å². The highest BCUT2D eigenvalue weighted by molar-refractivity contribution is 7.11. The number of carbonyl (C=O) groups is 1. The summed E-state index contributed by atoms with van der Waals surface area (Å²) in [5.41, 5.74) is -0.277. The lowest BCUT2D eigenvalue weighted by Gasteiger charge is -2.33. The number of nitrogens with zero attached hydrogens (tertiary/aromatic N) is 1. The molecule has 1 aromatic heterocycles. The highest BCUT2D eigenvalue weighted by atomic mass is 32.1. The van der Waals surface area contributed by atoms with Crippen LogP contribution in [0.25, 0.3) is 0 Å². The number of aliphatic hydroxyl groups excluding tert-OH is 1. The van der Waals surface area contributed by atoms with Crippen LogP contribution in [0.3, 0.4) is 0 Å². The summed E-state index contributed by atoms with van der Waals surface area (Å²) in [6.07, 6.45) is 1.99. The third-order valence-corrected chi connectivity index (χ3v) is 6.04. The molecule has 5 heteroatoms. The molecule has 134 valence electrons. The second-order valence-electron chi connectivity index (χ2n) is 6.75. The van der Waals surface area contributed by atoms with Gasteiger partial charge in [0.25, 0.3) is 0 Å². The highest BCUT2D eigenvalue weighted by Gasteiger charge is 2.55. The Morgan fingerprint density at radius 3 is 2.56 bits per heavy atom. The van der Waals surface area contributed by atoms with Crippen LogP contribution in [0.4, 0.5) is 4.39 Å². The Labute approximate surface area is 152 Å². The Morgan fingerprint density at radius 2 is 2.04 bits per heavy atom. The van der Waals surface area contributed by atoms with Crippen molar-refractivity contribution in [3.8, 4) is 0 Å². The van der Waals surface area contributed by atoms with E-state index in [1.807, 2.05) is 26.0 Å². The first kappa shape index (κ1) is 18.1. The molecular formula is C20H24FNO2S. The lowest BCUT2D eigenvalue weighted by molar-refractivity contribution is -0.138. The van der Waals surface area contributed by atoms with Gasteiger partial charge < -0.3 is 10.0 Å². The zero-order valence-corrected chi connectivity index (χ0v) is 15.5. The van der Waals surface area contributed by atoms with E-state index in [1.165, 1.54) is 10.9 Å². The fourth-order valence-corrected chi connectivity index (χ4v) is 4.29. The van der Waals surface area contributed by atoms with Crippen molar-refractivity contribution in [2.24, 2.45) is 0 Å². The minimum Gasteiger partial charge on any atom is -0.394 e. The third-order valence-electron chi connectivity index (χ3n) is 5.05. The zero-order valence-electron chi connectivity index (χ0n) is 14.7. The summed E-state index contributed by atoms with van der Waals surface area (Å²) < 4.78 is 14.3. The monoisotopic (exact) mass is 361 g/mol. The summed E-state index contributed by atoms with van der Waals surface area (Å²) in [5.74, 6) is -0.387. The molecule has 1 N–H and O–H groups in total. The van der Waals surface area contributed by atoms with Crippen LogP contribution in [0.2, 0.25) is 0 Å². The smallest absolute Gasteiger partial charge is 0.233 e. The van der Waals surface area contributed by atoms with Gasteiger partial charge in [-0.25, -0.2) is 4.39 Å². The van der Waals surface area contributed by atoms with Crippen molar-refractivity contribution in [1.29, 1.82) is 0 Å². The number of hydrogen-bond donors (Lipinski definition) is 1. The first-order chi connectivity index (χ1) is 12.0. The summed E-state index contributed by atoms with van der Waals surface area (Å²) in [6, 6.07) is 10.4. The summed E-state index contributed by atoms with van der Waals surface area (Å²) in [5, 5.41) is 9.78. The van der Waals surface area contributed by atoms with Crippen molar-refractivity contribution >= 4 is 17.2 Å². The molecule has 1 aliphatic carbocycles. The molecule has 1 fully saturated rings. The largest absolute Gasteiger partial charge is 0.394 e. The number of thiophene rings is 1. The van der Waals surface area contributed by atoms with Gasteiger partial charge >= 0.3 is 0 Å². The molecule has 3 nitrogen and oxygen atoms in total. The molecule has 1 aromatic carbocycles. The van der Waals surface area contributed by atoms with E-state index in [-0.39, 0.29) is 24.4 Å².